The molecule has 0 unspecified atom stereocenters. The van der Waals surface area contributed by atoms with Gasteiger partial charge in [0.1, 0.15) is 5.54 Å². The first-order chi connectivity index (χ1) is 11.3. The fraction of sp³-hybridized carbons (Fsp3) is 0.529. The van der Waals surface area contributed by atoms with Gasteiger partial charge >= 0.3 is 0 Å². The molecule has 1 aromatic rings. The Morgan fingerprint density at radius 2 is 1.96 bits per heavy atom. The van der Waals surface area contributed by atoms with E-state index in [2.05, 4.69) is 10.8 Å². The van der Waals surface area contributed by atoms with Gasteiger partial charge in [0.15, 0.2) is 0 Å². The molecule has 0 spiro atoms. The zero-order valence-corrected chi connectivity index (χ0v) is 15.1. The second-order valence-electron chi connectivity index (χ2n) is 6.32. The van der Waals surface area contributed by atoms with E-state index in [1.165, 1.54) is 29.2 Å². The van der Waals surface area contributed by atoms with E-state index >= 15 is 0 Å². The summed E-state index contributed by atoms with van der Waals surface area (Å²) in [7, 11) is -1.96. The van der Waals surface area contributed by atoms with Crippen LogP contribution in [0, 0.1) is 11.3 Å². The van der Waals surface area contributed by atoms with Gasteiger partial charge in [0.05, 0.1) is 11.0 Å². The van der Waals surface area contributed by atoms with E-state index in [0.29, 0.717) is 24.8 Å². The van der Waals surface area contributed by atoms with Crippen LogP contribution in [0.25, 0.3) is 0 Å². The summed E-state index contributed by atoms with van der Waals surface area (Å²) >= 11 is 0. The Kier molecular flexibility index (Phi) is 5.31. The monoisotopic (exact) mass is 349 g/mol. The first-order valence-corrected chi connectivity index (χ1v) is 9.56. The summed E-state index contributed by atoms with van der Waals surface area (Å²) in [6.45, 7) is 3.70. The fourth-order valence-corrected chi connectivity index (χ4v) is 3.94. The molecule has 0 aromatic heterocycles. The lowest BCUT2D eigenvalue weighted by Crippen LogP contribution is -2.53. The molecule has 2 rings (SSSR count). The normalized spacial score (nSPS) is 17.4. The molecule has 1 amide bonds. The molecule has 1 saturated carbocycles. The number of hydrogen-bond donors (Lipinski definition) is 1. The molecule has 24 heavy (non-hydrogen) atoms. The van der Waals surface area contributed by atoms with E-state index in [0.717, 1.165) is 6.42 Å². The number of hydrogen-bond acceptors (Lipinski definition) is 4. The van der Waals surface area contributed by atoms with E-state index in [-0.39, 0.29) is 16.8 Å². The van der Waals surface area contributed by atoms with E-state index in [1.54, 1.807) is 14.0 Å². The van der Waals surface area contributed by atoms with Crippen LogP contribution in [0.4, 0.5) is 0 Å². The van der Waals surface area contributed by atoms with Crippen LogP contribution in [0.1, 0.15) is 49.9 Å². The minimum Gasteiger partial charge on any atom is -0.323 e. The highest BCUT2D eigenvalue weighted by Gasteiger charge is 2.43. The number of carbonyl (C=O) groups excluding carboxylic acids is 1. The Morgan fingerprint density at radius 3 is 2.38 bits per heavy atom. The standard InChI is InChI=1S/C17H23N3O3S/c1-4-13(2)19-24(22,23)15-8-6-14(7-9-15)16(21)20(3)17(12-18)10-5-11-17/h6-9,13,19H,4-5,10-11H2,1-3H3/t13-/m1/s1. The van der Waals surface area contributed by atoms with E-state index in [4.69, 9.17) is 0 Å². The van der Waals surface area contributed by atoms with Crippen molar-refractivity contribution in [3.63, 3.8) is 0 Å². The molecule has 1 N–H and O–H groups in total. The quantitative estimate of drug-likeness (QED) is 0.853. The predicted octanol–water partition coefficient (Wildman–Crippen LogP) is 2.28. The molecule has 6 nitrogen and oxygen atoms in total. The highest BCUT2D eigenvalue weighted by molar-refractivity contribution is 7.89. The van der Waals surface area contributed by atoms with Crippen LogP contribution in [0.5, 0.6) is 0 Å². The molecule has 130 valence electrons. The highest BCUT2D eigenvalue weighted by Crippen LogP contribution is 2.37. The van der Waals surface area contributed by atoms with Crippen LogP contribution < -0.4 is 4.72 Å². The Bertz CT molecular complexity index is 746. The van der Waals surface area contributed by atoms with Crippen molar-refractivity contribution in [1.82, 2.24) is 9.62 Å². The van der Waals surface area contributed by atoms with Gasteiger partial charge in [-0.05, 0) is 56.9 Å². The van der Waals surface area contributed by atoms with Crippen molar-refractivity contribution in [3.8, 4) is 6.07 Å². The summed E-state index contributed by atoms with van der Waals surface area (Å²) in [6, 6.07) is 7.90. The topological polar surface area (TPSA) is 90.3 Å². The van der Waals surface area contributed by atoms with Gasteiger partial charge in [-0.25, -0.2) is 13.1 Å². The summed E-state index contributed by atoms with van der Waals surface area (Å²) in [5.74, 6) is -0.268. The first-order valence-electron chi connectivity index (χ1n) is 8.07. The molecule has 0 radical (unpaired) electrons. The first kappa shape index (κ1) is 18.4. The maximum absolute atomic E-state index is 12.5. The lowest BCUT2D eigenvalue weighted by atomic mass is 9.76. The Hall–Kier alpha value is -1.91. The smallest absolute Gasteiger partial charge is 0.254 e. The maximum Gasteiger partial charge on any atom is 0.254 e. The third-order valence-corrected chi connectivity index (χ3v) is 6.32. The average Bonchev–Trinajstić information content (AvgIpc) is 2.53. The van der Waals surface area contributed by atoms with Crippen molar-refractivity contribution in [3.05, 3.63) is 29.8 Å². The van der Waals surface area contributed by atoms with Crippen molar-refractivity contribution in [2.45, 2.75) is 56.0 Å². The molecule has 0 aliphatic heterocycles. The van der Waals surface area contributed by atoms with Gasteiger partial charge in [0.25, 0.3) is 5.91 Å². The average molecular weight is 349 g/mol. The summed E-state index contributed by atoms with van der Waals surface area (Å²) in [4.78, 5) is 14.1. The number of nitrogens with one attached hydrogen (secondary N) is 1. The van der Waals surface area contributed by atoms with Gasteiger partial charge in [-0.15, -0.1) is 0 Å². The van der Waals surface area contributed by atoms with Gasteiger partial charge in [-0.2, -0.15) is 5.26 Å². The van der Waals surface area contributed by atoms with E-state index in [1.807, 2.05) is 6.92 Å². The maximum atomic E-state index is 12.5. The third-order valence-electron chi connectivity index (χ3n) is 4.72. The Balaban J connectivity index is 2.17. The second-order valence-corrected chi connectivity index (χ2v) is 8.03. The van der Waals surface area contributed by atoms with Crippen molar-refractivity contribution < 1.29 is 13.2 Å². The van der Waals surface area contributed by atoms with Crippen LogP contribution >= 0.6 is 0 Å². The Morgan fingerprint density at radius 1 is 1.38 bits per heavy atom. The van der Waals surface area contributed by atoms with Gasteiger partial charge < -0.3 is 4.90 Å². The molecule has 0 bridgehead atoms. The van der Waals surface area contributed by atoms with Gasteiger partial charge in [-0.3, -0.25) is 4.79 Å². The van der Waals surface area contributed by atoms with E-state index < -0.39 is 15.6 Å². The van der Waals surface area contributed by atoms with E-state index in [9.17, 15) is 18.5 Å². The van der Waals surface area contributed by atoms with Crippen LogP contribution in [0.3, 0.4) is 0 Å². The summed E-state index contributed by atoms with van der Waals surface area (Å²) in [5, 5.41) is 9.33. The van der Waals surface area contributed by atoms with Crippen molar-refractivity contribution in [2.75, 3.05) is 7.05 Å². The van der Waals surface area contributed by atoms with Crippen molar-refractivity contribution >= 4 is 15.9 Å². The summed E-state index contributed by atoms with van der Waals surface area (Å²) in [6.07, 6.45) is 2.98. The zero-order valence-electron chi connectivity index (χ0n) is 14.2. The van der Waals surface area contributed by atoms with Gasteiger partial charge in [-0.1, -0.05) is 6.92 Å². The number of sulfonamides is 1. The number of carbonyl (C=O) groups is 1. The molecule has 1 fully saturated rings. The van der Waals surface area contributed by atoms with Crippen LogP contribution in [-0.2, 0) is 10.0 Å². The molecule has 1 atom stereocenters. The second kappa shape index (κ2) is 6.91. The lowest BCUT2D eigenvalue weighted by molar-refractivity contribution is 0.0497. The molecule has 0 heterocycles. The zero-order chi connectivity index (χ0) is 18.0. The molecule has 0 saturated heterocycles. The number of nitrogens with zero attached hydrogens (tertiary/aromatic N) is 2. The van der Waals surface area contributed by atoms with Gasteiger partial charge in [0, 0.05) is 18.7 Å². The van der Waals surface area contributed by atoms with Crippen molar-refractivity contribution in [2.24, 2.45) is 0 Å². The molecule has 1 aliphatic rings. The Labute approximate surface area is 143 Å². The minimum atomic E-state index is -3.59. The summed E-state index contributed by atoms with van der Waals surface area (Å²) in [5.41, 5.74) is -0.346. The minimum absolute atomic E-state index is 0.126. The molecule has 1 aliphatic carbocycles. The number of amides is 1. The largest absolute Gasteiger partial charge is 0.323 e. The molecule has 1 aromatic carbocycles. The number of rotatable bonds is 6. The fourth-order valence-electron chi connectivity index (χ4n) is 2.61. The predicted molar refractivity (Wildman–Crippen MR) is 90.8 cm³/mol. The molecule has 7 heteroatoms. The highest BCUT2D eigenvalue weighted by atomic mass is 32.2. The molecular formula is C17H23N3O3S. The molecular weight excluding hydrogens is 326 g/mol. The lowest BCUT2D eigenvalue weighted by Gasteiger charge is -2.42. The third kappa shape index (κ3) is 3.45. The van der Waals surface area contributed by atoms with Crippen LogP contribution in [0.2, 0.25) is 0 Å². The number of nitriles is 1. The van der Waals surface area contributed by atoms with Gasteiger partial charge in [0.2, 0.25) is 10.0 Å². The number of benzene rings is 1. The summed E-state index contributed by atoms with van der Waals surface area (Å²) < 4.78 is 27.0. The van der Waals surface area contributed by atoms with Crippen LogP contribution in [0.15, 0.2) is 29.2 Å². The van der Waals surface area contributed by atoms with Crippen molar-refractivity contribution in [1.29, 1.82) is 5.26 Å². The van der Waals surface area contributed by atoms with Crippen LogP contribution in [-0.4, -0.2) is 37.9 Å². The SMILES string of the molecule is CC[C@@H](C)NS(=O)(=O)c1ccc(C(=O)N(C)C2(C#N)CCC2)cc1.